The van der Waals surface area contributed by atoms with Crippen molar-refractivity contribution in [2.24, 2.45) is 22.2 Å². The number of guanidine groups is 1. The molecule has 2 fully saturated rings. The van der Waals surface area contributed by atoms with Crippen LogP contribution in [0.2, 0.25) is 0 Å². The second-order valence-corrected chi connectivity index (χ2v) is 9.35. The normalized spacial score (nSPS) is 25.9. The first-order chi connectivity index (χ1) is 12.8. The Labute approximate surface area is 189 Å². The highest BCUT2D eigenvalue weighted by Crippen LogP contribution is 2.33. The second-order valence-electron chi connectivity index (χ2n) is 9.35. The van der Waals surface area contributed by atoms with Crippen molar-refractivity contribution in [1.82, 2.24) is 15.5 Å². The topological polar surface area (TPSA) is 58.1 Å². The predicted octanol–water partition coefficient (Wildman–Crippen LogP) is 2.97. The van der Waals surface area contributed by atoms with E-state index in [4.69, 9.17) is 9.47 Å². The average molecular weight is 511 g/mol. The van der Waals surface area contributed by atoms with Crippen LogP contribution in [-0.2, 0) is 9.47 Å². The Morgan fingerprint density at radius 3 is 2.39 bits per heavy atom. The summed E-state index contributed by atoms with van der Waals surface area (Å²) in [6, 6.07) is 0.493. The highest BCUT2D eigenvalue weighted by atomic mass is 127. The van der Waals surface area contributed by atoms with Gasteiger partial charge in [0.1, 0.15) is 0 Å². The molecule has 0 saturated carbocycles. The van der Waals surface area contributed by atoms with Gasteiger partial charge in [-0.25, -0.2) is 0 Å². The molecule has 166 valence electrons. The largest absolute Gasteiger partial charge is 0.379 e. The summed E-state index contributed by atoms with van der Waals surface area (Å²) in [6.45, 7) is 17.8. The van der Waals surface area contributed by atoms with Crippen molar-refractivity contribution >= 4 is 29.9 Å². The van der Waals surface area contributed by atoms with Crippen molar-refractivity contribution in [1.29, 1.82) is 0 Å². The van der Waals surface area contributed by atoms with E-state index in [2.05, 4.69) is 55.1 Å². The maximum Gasteiger partial charge on any atom is 0.191 e. The Morgan fingerprint density at radius 1 is 1.14 bits per heavy atom. The molecule has 6 nitrogen and oxygen atoms in total. The molecular weight excluding hydrogens is 467 g/mol. The summed E-state index contributed by atoms with van der Waals surface area (Å²) < 4.78 is 11.6. The van der Waals surface area contributed by atoms with Crippen LogP contribution in [0.4, 0.5) is 0 Å². The van der Waals surface area contributed by atoms with Gasteiger partial charge in [-0.1, -0.05) is 34.6 Å². The van der Waals surface area contributed by atoms with Crippen molar-refractivity contribution in [3.05, 3.63) is 0 Å². The number of nitrogens with one attached hydrogen (secondary N) is 2. The van der Waals surface area contributed by atoms with Gasteiger partial charge in [0.15, 0.2) is 5.96 Å². The SMILES string of the molecule is CN=C(NCC1CCCOC1C(C)(C)C)NCC(C(C)C)N1CCOCC1.I. The second kappa shape index (κ2) is 12.5. The van der Waals surface area contributed by atoms with Crippen LogP contribution in [0.5, 0.6) is 0 Å². The van der Waals surface area contributed by atoms with E-state index in [1.807, 2.05) is 7.05 Å². The van der Waals surface area contributed by atoms with Crippen LogP contribution >= 0.6 is 24.0 Å². The number of ether oxygens (including phenoxy) is 2. The molecule has 0 spiro atoms. The first-order valence-corrected chi connectivity index (χ1v) is 10.7. The Balaban J connectivity index is 0.00000392. The highest BCUT2D eigenvalue weighted by molar-refractivity contribution is 14.0. The van der Waals surface area contributed by atoms with E-state index in [9.17, 15) is 0 Å². The predicted molar refractivity (Wildman–Crippen MR) is 128 cm³/mol. The standard InChI is InChI=1S/C21H42N4O2.HI/c1-16(2)18(25-9-12-26-13-10-25)15-24-20(22-6)23-14-17-8-7-11-27-19(17)21(3,4)5;/h16-19H,7-15H2,1-6H3,(H2,22,23,24);1H. The summed E-state index contributed by atoms with van der Waals surface area (Å²) in [4.78, 5) is 6.99. The van der Waals surface area contributed by atoms with Gasteiger partial charge in [0.2, 0.25) is 0 Å². The Kier molecular flexibility index (Phi) is 11.6. The molecule has 2 aliphatic heterocycles. The summed E-state index contributed by atoms with van der Waals surface area (Å²) in [5.74, 6) is 2.01. The maximum absolute atomic E-state index is 6.11. The fraction of sp³-hybridized carbons (Fsp3) is 0.952. The lowest BCUT2D eigenvalue weighted by Crippen LogP contribution is -2.53. The van der Waals surface area contributed by atoms with E-state index in [0.717, 1.165) is 58.4 Å². The lowest BCUT2D eigenvalue weighted by Gasteiger charge is -2.40. The number of aliphatic imine (C=N–C) groups is 1. The van der Waals surface area contributed by atoms with Gasteiger partial charge in [0.25, 0.3) is 0 Å². The van der Waals surface area contributed by atoms with Crippen molar-refractivity contribution in [2.45, 2.75) is 59.6 Å². The third-order valence-corrected chi connectivity index (χ3v) is 5.82. The fourth-order valence-corrected chi connectivity index (χ4v) is 4.35. The molecule has 3 unspecified atom stereocenters. The molecule has 2 saturated heterocycles. The fourth-order valence-electron chi connectivity index (χ4n) is 4.35. The Bertz CT molecular complexity index is 462. The molecule has 0 amide bonds. The molecule has 0 aromatic heterocycles. The zero-order chi connectivity index (χ0) is 19.9. The molecule has 28 heavy (non-hydrogen) atoms. The molecule has 0 bridgehead atoms. The monoisotopic (exact) mass is 510 g/mol. The van der Waals surface area contributed by atoms with E-state index < -0.39 is 0 Å². The first-order valence-electron chi connectivity index (χ1n) is 10.7. The summed E-state index contributed by atoms with van der Waals surface area (Å²) >= 11 is 0. The van der Waals surface area contributed by atoms with Gasteiger partial charge in [0, 0.05) is 51.8 Å². The maximum atomic E-state index is 6.11. The molecule has 0 aromatic carbocycles. The molecule has 3 atom stereocenters. The van der Waals surface area contributed by atoms with Gasteiger partial charge in [-0.15, -0.1) is 24.0 Å². The molecule has 0 aromatic rings. The van der Waals surface area contributed by atoms with E-state index >= 15 is 0 Å². The summed E-state index contributed by atoms with van der Waals surface area (Å²) in [5, 5.41) is 7.11. The van der Waals surface area contributed by atoms with Gasteiger partial charge < -0.3 is 20.1 Å². The molecular formula is C21H43IN4O2. The molecule has 0 aliphatic carbocycles. The van der Waals surface area contributed by atoms with Gasteiger partial charge in [-0.05, 0) is 24.2 Å². The van der Waals surface area contributed by atoms with Crippen molar-refractivity contribution in [3.8, 4) is 0 Å². The van der Waals surface area contributed by atoms with E-state index in [0.29, 0.717) is 24.0 Å². The van der Waals surface area contributed by atoms with E-state index in [1.165, 1.54) is 6.42 Å². The Hall–Kier alpha value is -0.120. The minimum Gasteiger partial charge on any atom is -0.379 e. The molecule has 2 rings (SSSR count). The van der Waals surface area contributed by atoms with Crippen LogP contribution in [0.3, 0.4) is 0 Å². The van der Waals surface area contributed by atoms with E-state index in [1.54, 1.807) is 0 Å². The number of morpholine rings is 1. The average Bonchev–Trinajstić information content (AvgIpc) is 2.64. The van der Waals surface area contributed by atoms with Crippen molar-refractivity contribution < 1.29 is 9.47 Å². The molecule has 2 N–H and O–H groups in total. The smallest absolute Gasteiger partial charge is 0.191 e. The lowest BCUT2D eigenvalue weighted by molar-refractivity contribution is -0.0835. The van der Waals surface area contributed by atoms with Crippen molar-refractivity contribution in [3.63, 3.8) is 0 Å². The zero-order valence-electron chi connectivity index (χ0n) is 18.8. The van der Waals surface area contributed by atoms with Crippen LogP contribution in [0.1, 0.15) is 47.5 Å². The minimum atomic E-state index is 0. The van der Waals surface area contributed by atoms with Gasteiger partial charge in [0.05, 0.1) is 19.3 Å². The number of hydrogen-bond donors (Lipinski definition) is 2. The lowest BCUT2D eigenvalue weighted by atomic mass is 9.78. The van der Waals surface area contributed by atoms with Crippen LogP contribution < -0.4 is 10.6 Å². The Morgan fingerprint density at radius 2 is 1.82 bits per heavy atom. The van der Waals surface area contributed by atoms with Crippen LogP contribution in [0.25, 0.3) is 0 Å². The van der Waals surface area contributed by atoms with Gasteiger partial charge >= 0.3 is 0 Å². The molecule has 2 heterocycles. The number of hydrogen-bond acceptors (Lipinski definition) is 4. The number of halogens is 1. The highest BCUT2D eigenvalue weighted by Gasteiger charge is 2.35. The first kappa shape index (κ1) is 25.9. The third-order valence-electron chi connectivity index (χ3n) is 5.82. The van der Waals surface area contributed by atoms with Crippen LogP contribution in [0.15, 0.2) is 4.99 Å². The third kappa shape index (κ3) is 7.95. The summed E-state index contributed by atoms with van der Waals surface area (Å²) in [7, 11) is 1.85. The zero-order valence-corrected chi connectivity index (χ0v) is 21.1. The molecule has 7 heteroatoms. The number of rotatable bonds is 6. The number of nitrogens with zero attached hydrogens (tertiary/aromatic N) is 2. The molecule has 2 aliphatic rings. The molecule has 0 radical (unpaired) electrons. The van der Waals surface area contributed by atoms with Gasteiger partial charge in [-0.3, -0.25) is 9.89 Å². The van der Waals surface area contributed by atoms with Crippen LogP contribution in [-0.4, -0.2) is 76.1 Å². The van der Waals surface area contributed by atoms with E-state index in [-0.39, 0.29) is 29.4 Å². The summed E-state index contributed by atoms with van der Waals surface area (Å²) in [5.41, 5.74) is 0.169. The minimum absolute atomic E-state index is 0. The van der Waals surface area contributed by atoms with Crippen LogP contribution in [0, 0.1) is 17.3 Å². The summed E-state index contributed by atoms with van der Waals surface area (Å²) in [6.07, 6.45) is 2.67. The quantitative estimate of drug-likeness (QED) is 0.327. The van der Waals surface area contributed by atoms with Gasteiger partial charge in [-0.2, -0.15) is 0 Å². The van der Waals surface area contributed by atoms with Crippen molar-refractivity contribution in [2.75, 3.05) is 53.0 Å².